The van der Waals surface area contributed by atoms with E-state index in [9.17, 15) is 4.79 Å². The van der Waals surface area contributed by atoms with Gasteiger partial charge in [-0.15, -0.1) is 10.2 Å². The van der Waals surface area contributed by atoms with Crippen LogP contribution >= 0.6 is 0 Å². The van der Waals surface area contributed by atoms with E-state index in [0.29, 0.717) is 11.5 Å². The first kappa shape index (κ1) is 10.8. The van der Waals surface area contributed by atoms with Crippen LogP contribution in [-0.2, 0) is 4.79 Å². The van der Waals surface area contributed by atoms with Gasteiger partial charge in [0, 0.05) is 11.3 Å². The van der Waals surface area contributed by atoms with E-state index in [4.69, 9.17) is 5.73 Å². The molecule has 0 radical (unpaired) electrons. The quantitative estimate of drug-likeness (QED) is 0.719. The van der Waals surface area contributed by atoms with Crippen LogP contribution in [0.1, 0.15) is 12.8 Å². The van der Waals surface area contributed by atoms with E-state index in [1.807, 2.05) is 12.1 Å². The van der Waals surface area contributed by atoms with Gasteiger partial charge in [0.05, 0.1) is 5.54 Å². The number of hydrogen-bond donors (Lipinski definition) is 3. The molecule has 92 valence electrons. The Hall–Kier alpha value is -2.28. The van der Waals surface area contributed by atoms with E-state index in [2.05, 4.69) is 25.9 Å². The molecule has 7 heteroatoms. The Morgan fingerprint density at radius 3 is 2.94 bits per heavy atom. The minimum atomic E-state index is -0.678. The van der Waals surface area contributed by atoms with Gasteiger partial charge < -0.3 is 11.1 Å². The zero-order valence-corrected chi connectivity index (χ0v) is 9.55. The number of aromatic nitrogens is 4. The maximum Gasteiger partial charge on any atom is 0.244 e. The molecule has 3 rings (SSSR count). The topological polar surface area (TPSA) is 110 Å². The van der Waals surface area contributed by atoms with E-state index in [0.717, 1.165) is 18.4 Å². The van der Waals surface area contributed by atoms with Gasteiger partial charge in [0.1, 0.15) is 0 Å². The summed E-state index contributed by atoms with van der Waals surface area (Å²) in [5.74, 6) is 0.341. The van der Waals surface area contributed by atoms with Gasteiger partial charge in [-0.05, 0) is 30.2 Å². The number of nitrogens with zero attached hydrogens (tertiary/aromatic N) is 3. The fourth-order valence-corrected chi connectivity index (χ4v) is 1.64. The Morgan fingerprint density at radius 2 is 2.28 bits per heavy atom. The predicted molar refractivity (Wildman–Crippen MR) is 64.4 cm³/mol. The third-order valence-corrected chi connectivity index (χ3v) is 2.96. The van der Waals surface area contributed by atoms with Crippen molar-refractivity contribution in [3.05, 3.63) is 24.3 Å². The molecular weight excluding hydrogens is 232 g/mol. The second-order valence-corrected chi connectivity index (χ2v) is 4.43. The molecule has 4 N–H and O–H groups in total. The van der Waals surface area contributed by atoms with Crippen molar-refractivity contribution in [3.63, 3.8) is 0 Å². The molecule has 18 heavy (non-hydrogen) atoms. The summed E-state index contributed by atoms with van der Waals surface area (Å²) < 4.78 is 0. The number of amides is 1. The molecule has 0 saturated heterocycles. The van der Waals surface area contributed by atoms with E-state index in [-0.39, 0.29) is 5.91 Å². The highest BCUT2D eigenvalue weighted by Gasteiger charge is 2.45. The van der Waals surface area contributed by atoms with E-state index < -0.39 is 5.54 Å². The predicted octanol–water partition coefficient (Wildman–Crippen LogP) is 0.296. The normalized spacial score (nSPS) is 16.3. The van der Waals surface area contributed by atoms with Gasteiger partial charge in [0.15, 0.2) is 0 Å². The van der Waals surface area contributed by atoms with Crippen LogP contribution in [0, 0.1) is 0 Å². The Balaban J connectivity index is 1.81. The zero-order valence-electron chi connectivity index (χ0n) is 9.55. The summed E-state index contributed by atoms with van der Waals surface area (Å²) in [7, 11) is 0. The van der Waals surface area contributed by atoms with E-state index >= 15 is 0 Å². The summed E-state index contributed by atoms with van der Waals surface area (Å²) in [5, 5.41) is 16.4. The van der Waals surface area contributed by atoms with Gasteiger partial charge in [-0.3, -0.25) is 4.79 Å². The number of nitrogens with one attached hydrogen (secondary N) is 2. The summed E-state index contributed by atoms with van der Waals surface area (Å²) in [5.41, 5.74) is 6.60. The maximum absolute atomic E-state index is 11.8. The number of carbonyl (C=O) groups excluding carboxylic acids is 1. The number of tetrazole rings is 1. The van der Waals surface area contributed by atoms with Crippen molar-refractivity contribution in [2.24, 2.45) is 5.73 Å². The Morgan fingerprint density at radius 1 is 1.44 bits per heavy atom. The van der Waals surface area contributed by atoms with Gasteiger partial charge in [-0.25, -0.2) is 0 Å². The first-order valence-electron chi connectivity index (χ1n) is 5.62. The van der Waals surface area contributed by atoms with E-state index in [1.165, 1.54) is 0 Å². The molecule has 2 aromatic rings. The summed E-state index contributed by atoms with van der Waals surface area (Å²) in [6.45, 7) is 0. The monoisotopic (exact) mass is 244 g/mol. The minimum absolute atomic E-state index is 0.146. The Kier molecular flexibility index (Phi) is 2.34. The lowest BCUT2D eigenvalue weighted by molar-refractivity contribution is -0.118. The first-order valence-corrected chi connectivity index (χ1v) is 5.62. The fraction of sp³-hybridized carbons (Fsp3) is 0.273. The van der Waals surface area contributed by atoms with Crippen molar-refractivity contribution >= 4 is 11.6 Å². The highest BCUT2D eigenvalue weighted by atomic mass is 16.2. The van der Waals surface area contributed by atoms with Crippen molar-refractivity contribution in [1.82, 2.24) is 20.6 Å². The Labute approximate surface area is 103 Å². The number of benzene rings is 1. The average molecular weight is 244 g/mol. The molecule has 1 heterocycles. The van der Waals surface area contributed by atoms with Gasteiger partial charge in [0.2, 0.25) is 11.7 Å². The van der Waals surface area contributed by atoms with Crippen LogP contribution in [0.3, 0.4) is 0 Å². The molecule has 1 aromatic carbocycles. The first-order chi connectivity index (χ1) is 8.67. The molecule has 1 aromatic heterocycles. The van der Waals surface area contributed by atoms with Crippen molar-refractivity contribution in [1.29, 1.82) is 0 Å². The third-order valence-electron chi connectivity index (χ3n) is 2.96. The standard InChI is InChI=1S/C11H12N6O/c12-11(4-5-11)10(18)13-8-3-1-2-7(6-8)9-14-16-17-15-9/h1-3,6H,4-5,12H2,(H,13,18)(H,14,15,16,17). The molecule has 7 nitrogen and oxygen atoms in total. The summed E-state index contributed by atoms with van der Waals surface area (Å²) in [6, 6.07) is 7.24. The molecule has 0 atom stereocenters. The van der Waals surface area contributed by atoms with Crippen LogP contribution in [0.2, 0.25) is 0 Å². The molecule has 1 fully saturated rings. The number of carbonyl (C=O) groups is 1. The molecule has 0 spiro atoms. The molecule has 1 aliphatic rings. The molecule has 1 saturated carbocycles. The summed E-state index contributed by atoms with van der Waals surface area (Å²) in [4.78, 5) is 11.8. The smallest absolute Gasteiger partial charge is 0.244 e. The lowest BCUT2D eigenvalue weighted by atomic mass is 10.2. The minimum Gasteiger partial charge on any atom is -0.324 e. The number of anilines is 1. The van der Waals surface area contributed by atoms with Crippen molar-refractivity contribution in [2.45, 2.75) is 18.4 Å². The Bertz CT molecular complexity index is 575. The number of H-pyrrole nitrogens is 1. The van der Waals surface area contributed by atoms with Crippen LogP contribution in [0.25, 0.3) is 11.4 Å². The van der Waals surface area contributed by atoms with Crippen molar-refractivity contribution < 1.29 is 4.79 Å². The fourth-order valence-electron chi connectivity index (χ4n) is 1.64. The molecule has 0 aliphatic heterocycles. The van der Waals surface area contributed by atoms with Crippen LogP contribution in [0.4, 0.5) is 5.69 Å². The number of aromatic amines is 1. The number of nitrogens with two attached hydrogens (primary N) is 1. The molecule has 0 unspecified atom stereocenters. The molecule has 0 bridgehead atoms. The second kappa shape index (κ2) is 3.88. The van der Waals surface area contributed by atoms with Crippen LogP contribution < -0.4 is 11.1 Å². The highest BCUT2D eigenvalue weighted by Crippen LogP contribution is 2.33. The van der Waals surface area contributed by atoms with Gasteiger partial charge in [-0.1, -0.05) is 12.1 Å². The number of hydrogen-bond acceptors (Lipinski definition) is 5. The molecular formula is C11H12N6O. The lowest BCUT2D eigenvalue weighted by Gasteiger charge is -2.10. The van der Waals surface area contributed by atoms with Crippen LogP contribution in [0.5, 0.6) is 0 Å². The SMILES string of the molecule is NC1(C(=O)Nc2cccc(-c3nn[nH]n3)c2)CC1. The lowest BCUT2D eigenvalue weighted by Crippen LogP contribution is -2.37. The van der Waals surface area contributed by atoms with Gasteiger partial charge in [-0.2, -0.15) is 5.21 Å². The average Bonchev–Trinajstić information content (AvgIpc) is 2.93. The summed E-state index contributed by atoms with van der Waals surface area (Å²) in [6.07, 6.45) is 1.48. The van der Waals surface area contributed by atoms with Crippen molar-refractivity contribution in [3.8, 4) is 11.4 Å². The third kappa shape index (κ3) is 1.95. The second-order valence-electron chi connectivity index (χ2n) is 4.43. The largest absolute Gasteiger partial charge is 0.324 e. The van der Waals surface area contributed by atoms with Gasteiger partial charge in [0.25, 0.3) is 0 Å². The maximum atomic E-state index is 11.8. The van der Waals surface area contributed by atoms with Crippen LogP contribution in [-0.4, -0.2) is 32.1 Å². The van der Waals surface area contributed by atoms with Crippen LogP contribution in [0.15, 0.2) is 24.3 Å². The van der Waals surface area contributed by atoms with Gasteiger partial charge >= 0.3 is 0 Å². The molecule has 1 aliphatic carbocycles. The van der Waals surface area contributed by atoms with E-state index in [1.54, 1.807) is 12.1 Å². The zero-order chi connectivity index (χ0) is 12.6. The number of rotatable bonds is 3. The highest BCUT2D eigenvalue weighted by molar-refractivity contribution is 6.00. The molecule has 1 amide bonds. The van der Waals surface area contributed by atoms with Crippen molar-refractivity contribution in [2.75, 3.05) is 5.32 Å². The summed E-state index contributed by atoms with van der Waals surface area (Å²) >= 11 is 0.